The zero-order valence-corrected chi connectivity index (χ0v) is 21.3. The van der Waals surface area contributed by atoms with Crippen molar-refractivity contribution in [2.45, 2.75) is 17.5 Å². The van der Waals surface area contributed by atoms with Gasteiger partial charge >= 0.3 is 6.18 Å². The Balaban J connectivity index is 1.33. The summed E-state index contributed by atoms with van der Waals surface area (Å²) in [7, 11) is -2.50. The number of piperazine rings is 1. The second kappa shape index (κ2) is 9.82. The van der Waals surface area contributed by atoms with E-state index in [1.165, 1.54) is 35.7 Å². The van der Waals surface area contributed by atoms with Crippen LogP contribution in [0.2, 0.25) is 0 Å². The normalized spacial score (nSPS) is 15.9. The van der Waals surface area contributed by atoms with Crippen molar-refractivity contribution in [1.29, 1.82) is 0 Å². The summed E-state index contributed by atoms with van der Waals surface area (Å²) < 4.78 is 72.2. The lowest BCUT2D eigenvalue weighted by Gasteiger charge is -2.35. The Labute approximate surface area is 218 Å². The summed E-state index contributed by atoms with van der Waals surface area (Å²) in [4.78, 5) is 20.7. The molecular weight excluding hydrogens is 521 g/mol. The Bertz CT molecular complexity index is 1450. The Morgan fingerprint density at radius 2 is 1.71 bits per heavy atom. The summed E-state index contributed by atoms with van der Waals surface area (Å²) in [6.45, 7) is 1.59. The van der Waals surface area contributed by atoms with Crippen molar-refractivity contribution >= 4 is 27.4 Å². The average Bonchev–Trinajstić information content (AvgIpc) is 3.37. The van der Waals surface area contributed by atoms with E-state index in [-0.39, 0.29) is 35.2 Å². The molecule has 1 amide bonds. The van der Waals surface area contributed by atoms with E-state index >= 15 is 0 Å². The highest BCUT2D eigenvalue weighted by Crippen LogP contribution is 2.34. The number of rotatable bonds is 5. The van der Waals surface area contributed by atoms with Crippen LogP contribution in [0.5, 0.6) is 5.75 Å². The third kappa shape index (κ3) is 4.75. The molecule has 0 N–H and O–H groups in total. The molecule has 12 heteroatoms. The molecule has 2 aromatic carbocycles. The van der Waals surface area contributed by atoms with E-state index in [2.05, 4.69) is 4.98 Å². The first-order chi connectivity index (χ1) is 18.1. The number of halogens is 3. The van der Waals surface area contributed by atoms with Crippen LogP contribution in [0.4, 0.5) is 24.7 Å². The molecule has 0 radical (unpaired) electrons. The summed E-state index contributed by atoms with van der Waals surface area (Å²) in [6.07, 6.45) is -3.06. The quantitative estimate of drug-likeness (QED) is 0.484. The molecule has 38 heavy (non-hydrogen) atoms. The summed E-state index contributed by atoms with van der Waals surface area (Å²) in [5, 5.41) is 0. The lowest BCUT2D eigenvalue weighted by molar-refractivity contribution is -0.137. The molecular formula is C26H25F3N4O4S. The van der Waals surface area contributed by atoms with E-state index in [4.69, 9.17) is 4.74 Å². The minimum atomic E-state index is -4.46. The highest BCUT2D eigenvalue weighted by atomic mass is 32.2. The van der Waals surface area contributed by atoms with Gasteiger partial charge < -0.3 is 14.5 Å². The molecule has 200 valence electrons. The minimum Gasteiger partial charge on any atom is -0.496 e. The lowest BCUT2D eigenvalue weighted by atomic mass is 10.1. The van der Waals surface area contributed by atoms with Crippen LogP contribution in [-0.2, 0) is 22.6 Å². The van der Waals surface area contributed by atoms with Gasteiger partial charge in [0.15, 0.2) is 0 Å². The maximum Gasteiger partial charge on any atom is 0.417 e. The largest absolute Gasteiger partial charge is 0.496 e. The second-order valence-corrected chi connectivity index (χ2v) is 10.9. The Kier molecular flexibility index (Phi) is 6.68. The topological polar surface area (TPSA) is 83.0 Å². The monoisotopic (exact) mass is 546 g/mol. The number of para-hydroxylation sites is 1. The van der Waals surface area contributed by atoms with Gasteiger partial charge in [-0.3, -0.25) is 9.10 Å². The predicted octanol–water partition coefficient (Wildman–Crippen LogP) is 3.82. The Morgan fingerprint density at radius 1 is 0.974 bits per heavy atom. The average molecular weight is 547 g/mol. The number of fused-ring (bicyclic) bond motifs is 1. The van der Waals surface area contributed by atoms with E-state index in [9.17, 15) is 26.4 Å². The van der Waals surface area contributed by atoms with Crippen LogP contribution in [0.15, 0.2) is 65.7 Å². The number of pyridine rings is 1. The maximum atomic E-state index is 13.5. The van der Waals surface area contributed by atoms with Crippen molar-refractivity contribution in [3.8, 4) is 5.75 Å². The number of sulfonamides is 1. The van der Waals surface area contributed by atoms with Crippen LogP contribution in [0.25, 0.3) is 0 Å². The van der Waals surface area contributed by atoms with Gasteiger partial charge in [0.2, 0.25) is 0 Å². The molecule has 0 saturated carbocycles. The number of carbonyl (C=O) groups is 1. The van der Waals surface area contributed by atoms with Gasteiger partial charge in [0.05, 0.1) is 28.8 Å². The number of carbonyl (C=O) groups excluding carboxylic acids is 1. The van der Waals surface area contributed by atoms with E-state index in [0.29, 0.717) is 37.6 Å². The minimum absolute atomic E-state index is 0.00839. The van der Waals surface area contributed by atoms with Gasteiger partial charge in [-0.05, 0) is 48.4 Å². The van der Waals surface area contributed by atoms with Gasteiger partial charge in [0.1, 0.15) is 11.6 Å². The van der Waals surface area contributed by atoms with Crippen molar-refractivity contribution in [1.82, 2.24) is 9.88 Å². The summed E-state index contributed by atoms with van der Waals surface area (Å²) in [5.74, 6) is 0.255. The zero-order chi connectivity index (χ0) is 27.1. The molecule has 3 aromatic rings. The molecule has 1 fully saturated rings. The number of anilines is 2. The number of benzene rings is 2. The fraction of sp³-hybridized carbons (Fsp3) is 0.308. The standard InChI is InChI=1S/C26H25F3N4O4S/c1-37-23-8-7-20(38(35,36)33-11-10-18-4-2-3-5-22(18)33)16-21(23)25(34)32-14-12-31(13-15-32)24-9-6-19(17-30-24)26(27,28)29/h2-9,16-17H,10-15H2,1H3. The Hall–Kier alpha value is -3.80. The Morgan fingerprint density at radius 3 is 2.37 bits per heavy atom. The molecule has 1 saturated heterocycles. The predicted molar refractivity (Wildman–Crippen MR) is 135 cm³/mol. The summed E-state index contributed by atoms with van der Waals surface area (Å²) in [6, 6.07) is 13.9. The molecule has 2 aliphatic rings. The number of methoxy groups -OCH3 is 1. The molecule has 0 unspecified atom stereocenters. The first-order valence-corrected chi connectivity index (χ1v) is 13.4. The summed E-state index contributed by atoms with van der Waals surface area (Å²) in [5.41, 5.74) is 0.877. The van der Waals surface area contributed by atoms with Gasteiger partial charge in [0, 0.05) is 38.9 Å². The van der Waals surface area contributed by atoms with Crippen molar-refractivity contribution in [2.24, 2.45) is 0 Å². The highest BCUT2D eigenvalue weighted by molar-refractivity contribution is 7.92. The number of hydrogen-bond donors (Lipinski definition) is 0. The molecule has 2 aliphatic heterocycles. The highest BCUT2D eigenvalue weighted by Gasteiger charge is 2.33. The molecule has 0 atom stereocenters. The number of alkyl halides is 3. The van der Waals surface area contributed by atoms with Gasteiger partial charge in [-0.15, -0.1) is 0 Å². The maximum absolute atomic E-state index is 13.5. The first kappa shape index (κ1) is 25.8. The SMILES string of the molecule is COc1ccc(S(=O)(=O)N2CCc3ccccc32)cc1C(=O)N1CCN(c2ccc(C(F)(F)F)cn2)CC1. The molecule has 1 aromatic heterocycles. The van der Waals surface area contributed by atoms with Crippen LogP contribution in [0.1, 0.15) is 21.5 Å². The number of aromatic nitrogens is 1. The number of amides is 1. The lowest BCUT2D eigenvalue weighted by Crippen LogP contribution is -2.49. The van der Waals surface area contributed by atoms with Crippen molar-refractivity contribution < 1.29 is 31.1 Å². The van der Waals surface area contributed by atoms with Crippen LogP contribution in [0.3, 0.4) is 0 Å². The zero-order valence-electron chi connectivity index (χ0n) is 20.5. The van der Waals surface area contributed by atoms with Crippen molar-refractivity contribution in [3.63, 3.8) is 0 Å². The van der Waals surface area contributed by atoms with E-state index in [1.54, 1.807) is 21.9 Å². The molecule has 0 bridgehead atoms. The smallest absolute Gasteiger partial charge is 0.417 e. The molecule has 3 heterocycles. The van der Waals surface area contributed by atoms with Gasteiger partial charge in [-0.1, -0.05) is 18.2 Å². The fourth-order valence-corrected chi connectivity index (χ4v) is 6.28. The molecule has 5 rings (SSSR count). The van der Waals surface area contributed by atoms with Crippen molar-refractivity contribution in [3.05, 3.63) is 77.5 Å². The van der Waals surface area contributed by atoms with Crippen molar-refractivity contribution in [2.75, 3.05) is 49.0 Å². The second-order valence-electron chi connectivity index (χ2n) is 9.00. The van der Waals surface area contributed by atoms with Crippen LogP contribution in [-0.4, -0.2) is 64.0 Å². The molecule has 0 spiro atoms. The first-order valence-electron chi connectivity index (χ1n) is 12.0. The fourth-order valence-electron chi connectivity index (χ4n) is 4.75. The molecule has 0 aliphatic carbocycles. The number of ether oxygens (including phenoxy) is 1. The van der Waals surface area contributed by atoms with E-state index in [0.717, 1.165) is 17.8 Å². The number of nitrogens with zero attached hydrogens (tertiary/aromatic N) is 4. The van der Waals surface area contributed by atoms with E-state index < -0.39 is 21.8 Å². The van der Waals surface area contributed by atoms with Crippen LogP contribution < -0.4 is 13.9 Å². The van der Waals surface area contributed by atoms with Gasteiger partial charge in [-0.2, -0.15) is 13.2 Å². The van der Waals surface area contributed by atoms with Gasteiger partial charge in [0.25, 0.3) is 15.9 Å². The summed E-state index contributed by atoms with van der Waals surface area (Å²) >= 11 is 0. The van der Waals surface area contributed by atoms with Crippen LogP contribution >= 0.6 is 0 Å². The third-order valence-electron chi connectivity index (χ3n) is 6.80. The third-order valence-corrected chi connectivity index (χ3v) is 8.61. The molecule has 8 nitrogen and oxygen atoms in total. The van der Waals surface area contributed by atoms with Crippen LogP contribution in [0, 0.1) is 0 Å². The number of hydrogen-bond acceptors (Lipinski definition) is 6. The van der Waals surface area contributed by atoms with Gasteiger partial charge in [-0.25, -0.2) is 13.4 Å². The van der Waals surface area contributed by atoms with E-state index in [1.807, 2.05) is 12.1 Å².